The van der Waals surface area contributed by atoms with Crippen molar-refractivity contribution in [3.63, 3.8) is 0 Å². The smallest absolute Gasteiger partial charge is 0.256 e. The van der Waals surface area contributed by atoms with E-state index >= 15 is 0 Å². The van der Waals surface area contributed by atoms with Crippen molar-refractivity contribution in [3.8, 4) is 0 Å². The van der Waals surface area contributed by atoms with Crippen LogP contribution in [0.4, 0.5) is 0 Å². The van der Waals surface area contributed by atoms with Gasteiger partial charge in [-0.25, -0.2) is 0 Å². The average Bonchev–Trinajstić information content (AvgIpc) is 2.48. The van der Waals surface area contributed by atoms with E-state index in [1.807, 2.05) is 37.3 Å². The Morgan fingerprint density at radius 1 is 1.45 bits per heavy atom. The van der Waals surface area contributed by atoms with Crippen molar-refractivity contribution >= 4 is 5.91 Å². The third-order valence-electron chi connectivity index (χ3n) is 3.40. The molecular weight excluding hydrogens is 258 g/mol. The van der Waals surface area contributed by atoms with Gasteiger partial charge < -0.3 is 19.5 Å². The Hall–Kier alpha value is -1.43. The zero-order chi connectivity index (χ0) is 14.5. The number of nitrogens with zero attached hydrogens (tertiary/aromatic N) is 1. The molecule has 1 aliphatic rings. The molecule has 5 nitrogen and oxygen atoms in total. The van der Waals surface area contributed by atoms with Crippen LogP contribution in [-0.4, -0.2) is 54.9 Å². The number of methoxy groups -OCH3 is 1. The van der Waals surface area contributed by atoms with Gasteiger partial charge in [-0.2, -0.15) is 0 Å². The average molecular weight is 279 g/mol. The van der Waals surface area contributed by atoms with Crippen LogP contribution in [0, 0.1) is 0 Å². The predicted octanol–water partition coefficient (Wildman–Crippen LogP) is 0.982. The van der Waals surface area contributed by atoms with Gasteiger partial charge in [-0.3, -0.25) is 4.79 Å². The number of amides is 1. The molecule has 1 saturated heterocycles. The highest BCUT2D eigenvalue weighted by atomic mass is 16.5. The Labute approximate surface area is 119 Å². The van der Waals surface area contributed by atoms with E-state index in [9.17, 15) is 9.90 Å². The standard InChI is InChI=1S/C15H21NO4/c1-11-8-16(9-13(10-17)20-11)15(18)14(19-2)12-6-4-3-5-7-12/h3-7,11,13-14,17H,8-10H2,1-2H3. The van der Waals surface area contributed by atoms with Crippen LogP contribution in [0.1, 0.15) is 18.6 Å². The first-order chi connectivity index (χ1) is 9.65. The first-order valence-corrected chi connectivity index (χ1v) is 6.78. The second-order valence-corrected chi connectivity index (χ2v) is 5.02. The summed E-state index contributed by atoms with van der Waals surface area (Å²) >= 11 is 0. The fourth-order valence-corrected chi connectivity index (χ4v) is 2.50. The van der Waals surface area contributed by atoms with E-state index in [1.54, 1.807) is 4.90 Å². The lowest BCUT2D eigenvalue weighted by Gasteiger charge is -2.37. The quantitative estimate of drug-likeness (QED) is 0.892. The van der Waals surface area contributed by atoms with Crippen LogP contribution in [0.5, 0.6) is 0 Å². The molecule has 0 bridgehead atoms. The molecule has 0 radical (unpaired) electrons. The number of hydrogen-bond donors (Lipinski definition) is 1. The van der Waals surface area contributed by atoms with Crippen molar-refractivity contribution in [2.45, 2.75) is 25.2 Å². The van der Waals surface area contributed by atoms with Gasteiger partial charge in [0.2, 0.25) is 0 Å². The van der Waals surface area contributed by atoms with Gasteiger partial charge in [-0.15, -0.1) is 0 Å². The lowest BCUT2D eigenvalue weighted by Crippen LogP contribution is -2.51. The molecule has 20 heavy (non-hydrogen) atoms. The van der Waals surface area contributed by atoms with Gasteiger partial charge in [0.1, 0.15) is 0 Å². The molecule has 1 fully saturated rings. The monoisotopic (exact) mass is 279 g/mol. The summed E-state index contributed by atoms with van der Waals surface area (Å²) in [5.74, 6) is -0.0905. The summed E-state index contributed by atoms with van der Waals surface area (Å²) in [6.45, 7) is 2.72. The Bertz CT molecular complexity index is 437. The molecule has 1 amide bonds. The number of ether oxygens (including phenoxy) is 2. The van der Waals surface area contributed by atoms with Crippen molar-refractivity contribution < 1.29 is 19.4 Å². The normalized spacial score (nSPS) is 24.4. The Balaban J connectivity index is 2.12. The fourth-order valence-electron chi connectivity index (χ4n) is 2.50. The molecule has 1 aliphatic heterocycles. The lowest BCUT2D eigenvalue weighted by molar-refractivity contribution is -0.157. The fraction of sp³-hybridized carbons (Fsp3) is 0.533. The third kappa shape index (κ3) is 3.36. The predicted molar refractivity (Wildman–Crippen MR) is 74.2 cm³/mol. The minimum absolute atomic E-state index is 0.0851. The number of benzene rings is 1. The van der Waals surface area contributed by atoms with Gasteiger partial charge in [0, 0.05) is 20.2 Å². The summed E-state index contributed by atoms with van der Waals surface area (Å²) in [4.78, 5) is 14.3. The summed E-state index contributed by atoms with van der Waals surface area (Å²) in [7, 11) is 1.53. The molecule has 110 valence electrons. The summed E-state index contributed by atoms with van der Waals surface area (Å²) in [6, 6.07) is 9.42. The van der Waals surface area contributed by atoms with Crippen LogP contribution in [0.25, 0.3) is 0 Å². The van der Waals surface area contributed by atoms with Crippen LogP contribution < -0.4 is 0 Å². The maximum absolute atomic E-state index is 12.6. The Morgan fingerprint density at radius 3 is 2.75 bits per heavy atom. The number of hydrogen-bond acceptors (Lipinski definition) is 4. The van der Waals surface area contributed by atoms with Gasteiger partial charge in [0.25, 0.3) is 5.91 Å². The molecule has 0 aromatic heterocycles. The lowest BCUT2D eigenvalue weighted by atomic mass is 10.1. The Kier molecular flexibility index (Phi) is 5.11. The molecule has 2 rings (SSSR count). The SMILES string of the molecule is COC(C(=O)N1CC(C)OC(CO)C1)c1ccccc1. The third-order valence-corrected chi connectivity index (χ3v) is 3.40. The molecule has 1 heterocycles. The molecule has 5 heteroatoms. The van der Waals surface area contributed by atoms with Gasteiger partial charge >= 0.3 is 0 Å². The number of carbonyl (C=O) groups excluding carboxylic acids is 1. The summed E-state index contributed by atoms with van der Waals surface area (Å²) in [5.41, 5.74) is 0.833. The number of morpholine rings is 1. The number of rotatable bonds is 4. The van der Waals surface area contributed by atoms with E-state index in [2.05, 4.69) is 0 Å². The Morgan fingerprint density at radius 2 is 2.15 bits per heavy atom. The molecule has 1 aromatic rings. The van der Waals surface area contributed by atoms with Crippen LogP contribution in [0.3, 0.4) is 0 Å². The molecule has 0 saturated carbocycles. The topological polar surface area (TPSA) is 59.0 Å². The van der Waals surface area contributed by atoms with Crippen molar-refractivity contribution in [1.29, 1.82) is 0 Å². The summed E-state index contributed by atoms with van der Waals surface area (Å²) < 4.78 is 10.9. The second kappa shape index (κ2) is 6.83. The highest BCUT2D eigenvalue weighted by molar-refractivity contribution is 5.82. The molecule has 3 atom stereocenters. The van der Waals surface area contributed by atoms with Gasteiger partial charge in [0.05, 0.1) is 18.8 Å². The van der Waals surface area contributed by atoms with Gasteiger partial charge in [-0.1, -0.05) is 30.3 Å². The summed E-state index contributed by atoms with van der Waals surface area (Å²) in [5, 5.41) is 9.23. The molecule has 1 N–H and O–H groups in total. The first-order valence-electron chi connectivity index (χ1n) is 6.78. The van der Waals surface area contributed by atoms with Crippen molar-refractivity contribution in [1.82, 2.24) is 4.90 Å². The van der Waals surface area contributed by atoms with E-state index in [0.29, 0.717) is 13.1 Å². The highest BCUT2D eigenvalue weighted by Crippen LogP contribution is 2.21. The molecule has 3 unspecified atom stereocenters. The van der Waals surface area contributed by atoms with Crippen molar-refractivity contribution in [2.24, 2.45) is 0 Å². The van der Waals surface area contributed by atoms with Crippen molar-refractivity contribution in [3.05, 3.63) is 35.9 Å². The highest BCUT2D eigenvalue weighted by Gasteiger charge is 2.32. The molecule has 1 aromatic carbocycles. The summed E-state index contributed by atoms with van der Waals surface area (Å²) in [6.07, 6.45) is -1.02. The van der Waals surface area contributed by atoms with Crippen LogP contribution >= 0.6 is 0 Å². The largest absolute Gasteiger partial charge is 0.394 e. The maximum Gasteiger partial charge on any atom is 0.256 e. The van der Waals surface area contributed by atoms with Gasteiger partial charge in [-0.05, 0) is 12.5 Å². The number of carbonyl (C=O) groups is 1. The zero-order valence-corrected chi connectivity index (χ0v) is 11.9. The minimum Gasteiger partial charge on any atom is -0.394 e. The number of aliphatic hydroxyl groups excluding tert-OH is 1. The number of aliphatic hydroxyl groups is 1. The van der Waals surface area contributed by atoms with E-state index < -0.39 is 6.10 Å². The van der Waals surface area contributed by atoms with E-state index in [1.165, 1.54) is 7.11 Å². The zero-order valence-electron chi connectivity index (χ0n) is 11.9. The maximum atomic E-state index is 12.6. The molecular formula is C15H21NO4. The van der Waals surface area contributed by atoms with Gasteiger partial charge in [0.15, 0.2) is 6.10 Å². The van der Waals surface area contributed by atoms with E-state index in [0.717, 1.165) is 5.56 Å². The van der Waals surface area contributed by atoms with E-state index in [4.69, 9.17) is 9.47 Å². The van der Waals surface area contributed by atoms with Crippen LogP contribution in [0.2, 0.25) is 0 Å². The second-order valence-electron chi connectivity index (χ2n) is 5.02. The minimum atomic E-state index is -0.610. The van der Waals surface area contributed by atoms with Crippen LogP contribution in [-0.2, 0) is 14.3 Å². The van der Waals surface area contributed by atoms with E-state index in [-0.39, 0.29) is 24.7 Å². The van der Waals surface area contributed by atoms with Crippen LogP contribution in [0.15, 0.2) is 30.3 Å². The first kappa shape index (κ1) is 15.0. The molecule has 0 spiro atoms. The van der Waals surface area contributed by atoms with Crippen molar-refractivity contribution in [2.75, 3.05) is 26.8 Å². The molecule has 0 aliphatic carbocycles.